The number of anilines is 1. The van der Waals surface area contributed by atoms with E-state index in [4.69, 9.17) is 0 Å². The van der Waals surface area contributed by atoms with Crippen LogP contribution in [0.25, 0.3) is 0 Å². The van der Waals surface area contributed by atoms with Gasteiger partial charge in [0.15, 0.2) is 0 Å². The molecule has 0 amide bonds. The fourth-order valence-electron chi connectivity index (χ4n) is 0.727. The zero-order chi connectivity index (χ0) is 9.14. The standard InChI is InChI=1S/C7H7BrFNOS/c1-12(11)10-7-3-2-5(8)4-6(7)9/h2-4,10H,1H3. The van der Waals surface area contributed by atoms with E-state index >= 15 is 0 Å². The van der Waals surface area contributed by atoms with Crippen LogP contribution in [0.1, 0.15) is 0 Å². The zero-order valence-electron chi connectivity index (χ0n) is 6.30. The van der Waals surface area contributed by atoms with Gasteiger partial charge in [0.25, 0.3) is 0 Å². The Morgan fingerprint density at radius 2 is 2.25 bits per heavy atom. The smallest absolute Gasteiger partial charge is 0.148 e. The van der Waals surface area contributed by atoms with Gasteiger partial charge in [0, 0.05) is 10.7 Å². The third kappa shape index (κ3) is 2.57. The normalized spacial score (nSPS) is 12.6. The van der Waals surface area contributed by atoms with Crippen molar-refractivity contribution in [2.45, 2.75) is 0 Å². The van der Waals surface area contributed by atoms with Gasteiger partial charge in [-0.2, -0.15) is 0 Å². The third-order valence-electron chi connectivity index (χ3n) is 1.18. The van der Waals surface area contributed by atoms with Crippen LogP contribution in [0, 0.1) is 5.82 Å². The van der Waals surface area contributed by atoms with Gasteiger partial charge in [-0.1, -0.05) is 15.9 Å². The Morgan fingerprint density at radius 3 is 2.75 bits per heavy atom. The van der Waals surface area contributed by atoms with Crippen molar-refractivity contribution in [1.82, 2.24) is 0 Å². The number of hydrogen-bond donors (Lipinski definition) is 1. The summed E-state index contributed by atoms with van der Waals surface area (Å²) >= 11 is 3.12. The van der Waals surface area contributed by atoms with Gasteiger partial charge in [-0.15, -0.1) is 0 Å². The minimum absolute atomic E-state index is 0.249. The van der Waals surface area contributed by atoms with Crippen molar-refractivity contribution >= 4 is 32.6 Å². The summed E-state index contributed by atoms with van der Waals surface area (Å²) in [6.07, 6.45) is 1.45. The Morgan fingerprint density at radius 1 is 1.58 bits per heavy atom. The molecule has 0 bridgehead atoms. The minimum atomic E-state index is -1.24. The largest absolute Gasteiger partial charge is 0.303 e. The molecule has 1 unspecified atom stereocenters. The maximum atomic E-state index is 13.0. The van der Waals surface area contributed by atoms with Crippen LogP contribution in [0.15, 0.2) is 22.7 Å². The maximum absolute atomic E-state index is 13.0. The summed E-state index contributed by atoms with van der Waals surface area (Å²) in [4.78, 5) is 0. The molecule has 2 nitrogen and oxygen atoms in total. The summed E-state index contributed by atoms with van der Waals surface area (Å²) in [7, 11) is -1.24. The molecule has 1 aromatic carbocycles. The predicted octanol–water partition coefficient (Wildman–Crippen LogP) is 2.29. The van der Waals surface area contributed by atoms with Gasteiger partial charge < -0.3 is 4.72 Å². The fourth-order valence-corrected chi connectivity index (χ4v) is 1.54. The highest BCUT2D eigenvalue weighted by Gasteiger charge is 2.02. The van der Waals surface area contributed by atoms with Crippen LogP contribution in [0.5, 0.6) is 0 Å². The van der Waals surface area contributed by atoms with Gasteiger partial charge >= 0.3 is 0 Å². The quantitative estimate of drug-likeness (QED) is 0.859. The first kappa shape index (κ1) is 9.67. The molecular formula is C7H7BrFNOS. The van der Waals surface area contributed by atoms with Crippen molar-refractivity contribution in [2.24, 2.45) is 0 Å². The zero-order valence-corrected chi connectivity index (χ0v) is 8.71. The molecule has 66 valence electrons. The van der Waals surface area contributed by atoms with Crippen molar-refractivity contribution in [3.05, 3.63) is 28.5 Å². The lowest BCUT2D eigenvalue weighted by molar-refractivity contribution is 0.631. The van der Waals surface area contributed by atoms with E-state index in [2.05, 4.69) is 20.7 Å². The van der Waals surface area contributed by atoms with Gasteiger partial charge in [-0.25, -0.2) is 8.60 Å². The monoisotopic (exact) mass is 251 g/mol. The topological polar surface area (TPSA) is 29.1 Å². The lowest BCUT2D eigenvalue weighted by Crippen LogP contribution is -2.02. The number of hydrogen-bond acceptors (Lipinski definition) is 1. The van der Waals surface area contributed by atoms with Crippen LogP contribution in [-0.4, -0.2) is 10.5 Å². The number of halogens is 2. The molecular weight excluding hydrogens is 245 g/mol. The lowest BCUT2D eigenvalue weighted by Gasteiger charge is -2.03. The Balaban J connectivity index is 2.93. The highest BCUT2D eigenvalue weighted by molar-refractivity contribution is 9.10. The Hall–Kier alpha value is -0.420. The first-order valence-electron chi connectivity index (χ1n) is 3.15. The Labute approximate surface area is 80.9 Å². The van der Waals surface area contributed by atoms with Gasteiger partial charge in [-0.05, 0) is 18.2 Å². The van der Waals surface area contributed by atoms with E-state index in [1.54, 1.807) is 6.07 Å². The maximum Gasteiger partial charge on any atom is 0.148 e. The molecule has 0 spiro atoms. The van der Waals surface area contributed by atoms with Crippen LogP contribution in [0.2, 0.25) is 0 Å². The molecule has 1 aromatic rings. The molecule has 0 aromatic heterocycles. The van der Waals surface area contributed by atoms with Gasteiger partial charge in [0.1, 0.15) is 16.8 Å². The third-order valence-corrected chi connectivity index (χ3v) is 2.19. The fraction of sp³-hybridized carbons (Fsp3) is 0.143. The SMILES string of the molecule is CS(=O)Nc1ccc(Br)cc1F. The van der Waals surface area contributed by atoms with Crippen molar-refractivity contribution in [1.29, 1.82) is 0 Å². The van der Waals surface area contributed by atoms with Crippen molar-refractivity contribution in [2.75, 3.05) is 11.0 Å². The molecule has 0 radical (unpaired) electrons. The van der Waals surface area contributed by atoms with Crippen LogP contribution < -0.4 is 4.72 Å². The summed E-state index contributed by atoms with van der Waals surface area (Å²) < 4.78 is 26.8. The summed E-state index contributed by atoms with van der Waals surface area (Å²) in [6, 6.07) is 4.52. The first-order chi connectivity index (χ1) is 5.59. The van der Waals surface area contributed by atoms with Crippen molar-refractivity contribution in [3.8, 4) is 0 Å². The molecule has 0 aliphatic rings. The summed E-state index contributed by atoms with van der Waals surface area (Å²) in [6.45, 7) is 0. The second-order valence-electron chi connectivity index (χ2n) is 2.18. The van der Waals surface area contributed by atoms with Gasteiger partial charge in [0.2, 0.25) is 0 Å². The van der Waals surface area contributed by atoms with Gasteiger partial charge in [0.05, 0.1) is 5.69 Å². The summed E-state index contributed by atoms with van der Waals surface area (Å²) in [5, 5.41) is 0. The van der Waals surface area contributed by atoms with Crippen LogP contribution in [0.4, 0.5) is 10.1 Å². The molecule has 0 heterocycles. The van der Waals surface area contributed by atoms with Crippen molar-refractivity contribution < 1.29 is 8.60 Å². The van der Waals surface area contributed by atoms with Crippen LogP contribution >= 0.6 is 15.9 Å². The Bertz CT molecular complexity index is 318. The Kier molecular flexibility index (Phi) is 3.22. The lowest BCUT2D eigenvalue weighted by atomic mass is 10.3. The highest BCUT2D eigenvalue weighted by Crippen LogP contribution is 2.19. The van der Waals surface area contributed by atoms with Crippen LogP contribution in [-0.2, 0) is 11.0 Å². The average Bonchev–Trinajstić information content (AvgIpc) is 1.94. The second kappa shape index (κ2) is 4.00. The minimum Gasteiger partial charge on any atom is -0.303 e. The van der Waals surface area contributed by atoms with Gasteiger partial charge in [-0.3, -0.25) is 0 Å². The van der Waals surface area contributed by atoms with E-state index in [1.807, 2.05) is 0 Å². The van der Waals surface area contributed by atoms with E-state index in [9.17, 15) is 8.60 Å². The molecule has 0 fully saturated rings. The molecule has 0 aliphatic carbocycles. The van der Waals surface area contributed by atoms with Crippen LogP contribution in [0.3, 0.4) is 0 Å². The predicted molar refractivity (Wildman–Crippen MR) is 51.8 cm³/mol. The molecule has 1 N–H and O–H groups in total. The number of nitrogens with one attached hydrogen (secondary N) is 1. The van der Waals surface area contributed by atoms with E-state index in [0.717, 1.165) is 0 Å². The second-order valence-corrected chi connectivity index (χ2v) is 4.21. The number of rotatable bonds is 2. The van der Waals surface area contributed by atoms with Crippen molar-refractivity contribution in [3.63, 3.8) is 0 Å². The first-order valence-corrected chi connectivity index (χ1v) is 5.50. The molecule has 0 aliphatic heterocycles. The van der Waals surface area contributed by atoms with E-state index in [0.29, 0.717) is 4.47 Å². The van der Waals surface area contributed by atoms with E-state index < -0.39 is 16.8 Å². The molecule has 1 atom stereocenters. The summed E-state index contributed by atoms with van der Waals surface area (Å²) in [5.41, 5.74) is 0.249. The van der Waals surface area contributed by atoms with E-state index in [1.165, 1.54) is 18.4 Å². The number of benzene rings is 1. The molecule has 1 rings (SSSR count). The summed E-state index contributed by atoms with van der Waals surface area (Å²) in [5.74, 6) is -0.417. The molecule has 5 heteroatoms. The highest BCUT2D eigenvalue weighted by atomic mass is 79.9. The molecule has 0 saturated heterocycles. The molecule has 12 heavy (non-hydrogen) atoms. The average molecular weight is 252 g/mol. The van der Waals surface area contributed by atoms with E-state index in [-0.39, 0.29) is 5.69 Å². The molecule has 0 saturated carbocycles.